The van der Waals surface area contributed by atoms with Crippen LogP contribution in [-0.4, -0.2) is 37.3 Å². The molecule has 0 bridgehead atoms. The molecule has 0 radical (unpaired) electrons. The van der Waals surface area contributed by atoms with Crippen LogP contribution in [0.5, 0.6) is 0 Å². The van der Waals surface area contributed by atoms with E-state index in [-0.39, 0.29) is 6.04 Å². The first-order chi connectivity index (χ1) is 13.6. The van der Waals surface area contributed by atoms with Crippen LogP contribution in [0.1, 0.15) is 37.1 Å². The standard InChI is InChI=1S/C20H20FN7/c1-13-9-14(20-26-25-12-27(20)2)6-8-28(13)19-15(10-22)5-7-23-18(19)16-3-4-17(21)24-11-16/h3-5,7,11-14H,6,8-9H2,1-2H3/t13-,14+/m0/s1. The van der Waals surface area contributed by atoms with Crippen molar-refractivity contribution >= 4 is 5.69 Å². The molecule has 0 N–H and O–H groups in total. The molecule has 0 saturated carbocycles. The molecule has 28 heavy (non-hydrogen) atoms. The van der Waals surface area contributed by atoms with Crippen molar-refractivity contribution in [1.29, 1.82) is 5.26 Å². The molecule has 1 fully saturated rings. The SMILES string of the molecule is C[C@H]1C[C@H](c2nncn2C)CCN1c1c(C#N)ccnc1-c1ccc(F)nc1. The van der Waals surface area contributed by atoms with Crippen molar-refractivity contribution in [3.63, 3.8) is 0 Å². The number of anilines is 1. The number of halogens is 1. The molecule has 142 valence electrons. The summed E-state index contributed by atoms with van der Waals surface area (Å²) in [6.07, 6.45) is 6.59. The molecule has 3 aromatic rings. The van der Waals surface area contributed by atoms with E-state index < -0.39 is 5.95 Å². The van der Waals surface area contributed by atoms with Gasteiger partial charge in [-0.1, -0.05) is 0 Å². The van der Waals surface area contributed by atoms with Crippen LogP contribution in [0.4, 0.5) is 10.1 Å². The number of pyridine rings is 2. The molecular formula is C20H20FN7. The number of aromatic nitrogens is 5. The maximum Gasteiger partial charge on any atom is 0.212 e. The van der Waals surface area contributed by atoms with Crippen LogP contribution in [-0.2, 0) is 7.05 Å². The lowest BCUT2D eigenvalue weighted by Crippen LogP contribution is -2.41. The summed E-state index contributed by atoms with van der Waals surface area (Å²) in [5.41, 5.74) is 2.67. The second kappa shape index (κ2) is 7.35. The summed E-state index contributed by atoms with van der Waals surface area (Å²) in [5.74, 6) is 0.762. The Morgan fingerprint density at radius 1 is 1.25 bits per heavy atom. The molecule has 4 rings (SSSR count). The van der Waals surface area contributed by atoms with Gasteiger partial charge < -0.3 is 9.47 Å². The first-order valence-electron chi connectivity index (χ1n) is 9.20. The summed E-state index contributed by atoms with van der Waals surface area (Å²) < 4.78 is 15.2. The van der Waals surface area contributed by atoms with E-state index in [0.717, 1.165) is 30.9 Å². The minimum absolute atomic E-state index is 0.180. The van der Waals surface area contributed by atoms with Gasteiger partial charge in [-0.05, 0) is 38.0 Å². The van der Waals surface area contributed by atoms with Gasteiger partial charge in [-0.25, -0.2) is 4.98 Å². The number of nitrogens with zero attached hydrogens (tertiary/aromatic N) is 7. The second-order valence-electron chi connectivity index (χ2n) is 7.10. The molecule has 0 unspecified atom stereocenters. The van der Waals surface area contributed by atoms with Crippen LogP contribution in [0.25, 0.3) is 11.3 Å². The highest BCUT2D eigenvalue weighted by molar-refractivity contribution is 5.79. The zero-order chi connectivity index (χ0) is 19.7. The molecule has 1 saturated heterocycles. The number of piperidine rings is 1. The predicted octanol–water partition coefficient (Wildman–Crippen LogP) is 3.06. The minimum atomic E-state index is -0.542. The maximum absolute atomic E-state index is 13.3. The van der Waals surface area contributed by atoms with Gasteiger partial charge in [-0.3, -0.25) is 4.98 Å². The van der Waals surface area contributed by atoms with Crippen LogP contribution in [0, 0.1) is 17.3 Å². The van der Waals surface area contributed by atoms with E-state index in [2.05, 4.69) is 38.1 Å². The third kappa shape index (κ3) is 3.20. The van der Waals surface area contributed by atoms with Crippen LogP contribution in [0.15, 0.2) is 36.9 Å². The topological polar surface area (TPSA) is 83.5 Å². The molecule has 1 aliphatic rings. The largest absolute Gasteiger partial charge is 0.366 e. The fraction of sp³-hybridized carbons (Fsp3) is 0.350. The Bertz CT molecular complexity index is 1020. The number of hydrogen-bond acceptors (Lipinski definition) is 6. The van der Waals surface area contributed by atoms with Gasteiger partial charge in [0.1, 0.15) is 18.2 Å². The number of rotatable bonds is 3. The van der Waals surface area contributed by atoms with Gasteiger partial charge in [0.2, 0.25) is 5.95 Å². The van der Waals surface area contributed by atoms with E-state index >= 15 is 0 Å². The molecule has 1 aliphatic heterocycles. The van der Waals surface area contributed by atoms with Gasteiger partial charge in [0.15, 0.2) is 0 Å². The molecule has 4 heterocycles. The summed E-state index contributed by atoms with van der Waals surface area (Å²) in [6.45, 7) is 2.91. The van der Waals surface area contributed by atoms with Crippen molar-refractivity contribution < 1.29 is 4.39 Å². The van der Waals surface area contributed by atoms with Gasteiger partial charge in [0, 0.05) is 43.5 Å². The summed E-state index contributed by atoms with van der Waals surface area (Å²) >= 11 is 0. The number of aryl methyl sites for hydroxylation is 1. The quantitative estimate of drug-likeness (QED) is 0.653. The van der Waals surface area contributed by atoms with Crippen LogP contribution < -0.4 is 4.90 Å². The van der Waals surface area contributed by atoms with E-state index in [1.54, 1.807) is 24.7 Å². The Kier molecular flexibility index (Phi) is 4.74. The molecule has 8 heteroatoms. The van der Waals surface area contributed by atoms with Gasteiger partial charge in [0.05, 0.1) is 16.9 Å². The van der Waals surface area contributed by atoms with Gasteiger partial charge in [-0.2, -0.15) is 9.65 Å². The molecule has 7 nitrogen and oxygen atoms in total. The van der Waals surface area contributed by atoms with Crippen LogP contribution >= 0.6 is 0 Å². The summed E-state index contributed by atoms with van der Waals surface area (Å²) in [6, 6.07) is 7.13. The predicted molar refractivity (Wildman–Crippen MR) is 102 cm³/mol. The summed E-state index contributed by atoms with van der Waals surface area (Å²) in [4.78, 5) is 10.5. The third-order valence-electron chi connectivity index (χ3n) is 5.32. The van der Waals surface area contributed by atoms with Crippen molar-refractivity contribution in [1.82, 2.24) is 24.7 Å². The van der Waals surface area contributed by atoms with E-state index in [4.69, 9.17) is 0 Å². The average Bonchev–Trinajstić information content (AvgIpc) is 3.14. The van der Waals surface area contributed by atoms with Gasteiger partial charge in [-0.15, -0.1) is 10.2 Å². The highest BCUT2D eigenvalue weighted by atomic mass is 19.1. The normalized spacial score (nSPS) is 19.4. The first-order valence-corrected chi connectivity index (χ1v) is 9.20. The smallest absolute Gasteiger partial charge is 0.212 e. The maximum atomic E-state index is 13.3. The minimum Gasteiger partial charge on any atom is -0.366 e. The molecule has 0 amide bonds. The van der Waals surface area contributed by atoms with Crippen molar-refractivity contribution in [2.24, 2.45) is 7.05 Å². The lowest BCUT2D eigenvalue weighted by molar-refractivity contribution is 0.411. The fourth-order valence-corrected chi connectivity index (χ4v) is 3.96. The van der Waals surface area contributed by atoms with Crippen molar-refractivity contribution in [2.75, 3.05) is 11.4 Å². The zero-order valence-electron chi connectivity index (χ0n) is 15.7. The fourth-order valence-electron chi connectivity index (χ4n) is 3.96. The van der Waals surface area contributed by atoms with Crippen molar-refractivity contribution in [2.45, 2.75) is 31.7 Å². The first kappa shape index (κ1) is 18.0. The molecule has 3 aromatic heterocycles. The lowest BCUT2D eigenvalue weighted by Gasteiger charge is -2.40. The number of nitriles is 1. The van der Waals surface area contributed by atoms with E-state index in [1.807, 2.05) is 11.6 Å². The summed E-state index contributed by atoms with van der Waals surface area (Å²) in [7, 11) is 1.96. The molecular weight excluding hydrogens is 357 g/mol. The molecule has 0 aromatic carbocycles. The van der Waals surface area contributed by atoms with E-state index in [0.29, 0.717) is 22.7 Å². The van der Waals surface area contributed by atoms with Crippen LogP contribution in [0.3, 0.4) is 0 Å². The molecule has 0 aliphatic carbocycles. The number of hydrogen-bond donors (Lipinski definition) is 0. The molecule has 0 spiro atoms. The second-order valence-corrected chi connectivity index (χ2v) is 7.10. The summed E-state index contributed by atoms with van der Waals surface area (Å²) in [5, 5.41) is 17.9. The van der Waals surface area contributed by atoms with E-state index in [9.17, 15) is 9.65 Å². The Labute approximate surface area is 162 Å². The Morgan fingerprint density at radius 3 is 2.75 bits per heavy atom. The lowest BCUT2D eigenvalue weighted by atomic mass is 9.89. The third-order valence-corrected chi connectivity index (χ3v) is 5.32. The highest BCUT2D eigenvalue weighted by Crippen LogP contribution is 2.38. The average molecular weight is 377 g/mol. The Balaban J connectivity index is 1.70. The van der Waals surface area contributed by atoms with Crippen molar-refractivity contribution in [3.05, 3.63) is 54.3 Å². The van der Waals surface area contributed by atoms with Crippen molar-refractivity contribution in [3.8, 4) is 17.3 Å². The van der Waals surface area contributed by atoms with Gasteiger partial charge >= 0.3 is 0 Å². The Hall–Kier alpha value is -3.34. The van der Waals surface area contributed by atoms with Crippen LogP contribution in [0.2, 0.25) is 0 Å². The highest BCUT2D eigenvalue weighted by Gasteiger charge is 2.32. The van der Waals surface area contributed by atoms with Gasteiger partial charge in [0.25, 0.3) is 0 Å². The Morgan fingerprint density at radius 2 is 2.11 bits per heavy atom. The van der Waals surface area contributed by atoms with E-state index in [1.165, 1.54) is 12.3 Å². The zero-order valence-corrected chi connectivity index (χ0v) is 15.7. The molecule has 2 atom stereocenters. The monoisotopic (exact) mass is 377 g/mol.